The van der Waals surface area contributed by atoms with Gasteiger partial charge in [0.05, 0.1) is 15.1 Å². The number of amides is 1. The molecule has 2 aliphatic rings. The Morgan fingerprint density at radius 2 is 1.67 bits per heavy atom. The number of rotatable bonds is 4. The van der Waals surface area contributed by atoms with Crippen molar-refractivity contribution >= 4 is 23.0 Å². The second-order valence-electron chi connectivity index (χ2n) is 5.38. The number of carbonyl (C=O) groups excluding carboxylic acids is 1. The Bertz CT molecular complexity index is 1020. The Balaban J connectivity index is 0.000000239. The van der Waals surface area contributed by atoms with E-state index in [0.717, 1.165) is 16.5 Å². The summed E-state index contributed by atoms with van der Waals surface area (Å²) in [6, 6.07) is 7.52. The van der Waals surface area contributed by atoms with E-state index in [1.165, 1.54) is 6.92 Å². The third-order valence-electron chi connectivity index (χ3n) is 3.61. The first-order valence-corrected chi connectivity index (χ1v) is 7.49. The van der Waals surface area contributed by atoms with E-state index in [1.807, 2.05) is 6.07 Å². The highest BCUT2D eigenvalue weighted by Gasteiger charge is 2.38. The summed E-state index contributed by atoms with van der Waals surface area (Å²) in [7, 11) is 0. The molecule has 0 fully saturated rings. The second-order valence-corrected chi connectivity index (χ2v) is 5.38. The van der Waals surface area contributed by atoms with Crippen molar-refractivity contribution in [3.05, 3.63) is 72.6 Å². The minimum absolute atomic E-state index is 0.0956. The molecule has 3 rings (SSSR count). The van der Waals surface area contributed by atoms with Crippen LogP contribution in [0.1, 0.15) is 18.9 Å². The number of carbonyl (C=O) groups is 1. The molecule has 0 heterocycles. The van der Waals surface area contributed by atoms with Gasteiger partial charge in [-0.15, -0.1) is 0 Å². The van der Waals surface area contributed by atoms with Crippen molar-refractivity contribution in [3.63, 3.8) is 0 Å². The molecule has 0 saturated heterocycles. The van der Waals surface area contributed by atoms with E-state index < -0.39 is 28.3 Å². The van der Waals surface area contributed by atoms with Gasteiger partial charge < -0.3 is 5.32 Å². The third kappa shape index (κ3) is 4.37. The molecule has 0 aromatic heterocycles. The number of halogens is 3. The summed E-state index contributed by atoms with van der Waals surface area (Å²) >= 11 is 0. The van der Waals surface area contributed by atoms with E-state index in [0.29, 0.717) is 12.1 Å². The molecule has 1 N–H and O–H groups in total. The van der Waals surface area contributed by atoms with Crippen LogP contribution in [0.15, 0.2) is 36.4 Å². The maximum Gasteiger partial charge on any atom is 0.423 e. The fraction of sp³-hybridized carbons (Fsp3) is 0.188. The maximum absolute atomic E-state index is 12.6. The summed E-state index contributed by atoms with van der Waals surface area (Å²) in [6.07, 6.45) is -4.76. The van der Waals surface area contributed by atoms with Gasteiger partial charge in [0.1, 0.15) is 5.56 Å². The molecule has 1 aromatic rings. The van der Waals surface area contributed by atoms with Gasteiger partial charge in [-0.3, -0.25) is 25.0 Å². The number of alkyl halides is 3. The Hall–Kier alpha value is -3.50. The molecule has 0 bridgehead atoms. The lowest BCUT2D eigenvalue weighted by Gasteiger charge is -2.10. The molecule has 0 spiro atoms. The first kappa shape index (κ1) is 19.8. The van der Waals surface area contributed by atoms with Gasteiger partial charge in [-0.05, 0) is 23.4 Å². The van der Waals surface area contributed by atoms with Crippen molar-refractivity contribution in [2.24, 2.45) is 0 Å². The van der Waals surface area contributed by atoms with Gasteiger partial charge in [0, 0.05) is 24.2 Å². The summed E-state index contributed by atoms with van der Waals surface area (Å²) in [5.74, 6) is -0.475. The molecular weight excluding hydrogens is 371 g/mol. The summed E-state index contributed by atoms with van der Waals surface area (Å²) < 4.78 is 37.8. The first-order valence-electron chi connectivity index (χ1n) is 7.49. The van der Waals surface area contributed by atoms with Crippen LogP contribution >= 0.6 is 0 Å². The quantitative estimate of drug-likeness (QED) is 0.537. The van der Waals surface area contributed by atoms with Crippen molar-refractivity contribution in [3.8, 4) is 0 Å². The Labute approximate surface area is 149 Å². The zero-order valence-electron chi connectivity index (χ0n) is 13.7. The van der Waals surface area contributed by atoms with E-state index >= 15 is 0 Å². The predicted octanol–water partition coefficient (Wildman–Crippen LogP) is 4.16. The number of nitro groups is 2. The minimum atomic E-state index is -4.85. The molecule has 0 aliphatic heterocycles. The van der Waals surface area contributed by atoms with Crippen molar-refractivity contribution in [2.75, 3.05) is 5.32 Å². The van der Waals surface area contributed by atoms with Gasteiger partial charge >= 0.3 is 6.18 Å². The Kier molecular flexibility index (Phi) is 5.43. The maximum atomic E-state index is 12.6. The minimum Gasteiger partial charge on any atom is -0.326 e. The number of benzene rings is 2. The number of nitrogens with one attached hydrogen (secondary N) is 1. The molecule has 0 unspecified atom stereocenters. The Morgan fingerprint density at radius 1 is 1.04 bits per heavy atom. The second kappa shape index (κ2) is 7.40. The molecule has 0 saturated carbocycles. The molecule has 142 valence electrons. The highest BCUT2D eigenvalue weighted by atomic mass is 19.4. The van der Waals surface area contributed by atoms with Crippen LogP contribution in [0.4, 0.5) is 30.2 Å². The van der Waals surface area contributed by atoms with Crippen LogP contribution in [-0.2, 0) is 11.0 Å². The molecule has 11 heteroatoms. The molecule has 0 radical (unpaired) electrons. The molecule has 27 heavy (non-hydrogen) atoms. The fourth-order valence-corrected chi connectivity index (χ4v) is 2.17. The topological polar surface area (TPSA) is 115 Å². The monoisotopic (exact) mass is 383 g/mol. The van der Waals surface area contributed by atoms with Crippen LogP contribution in [0.2, 0.25) is 0 Å². The van der Waals surface area contributed by atoms with Gasteiger partial charge in [-0.1, -0.05) is 13.0 Å². The molecular formula is C16H12F3N3O5. The number of non-ortho nitro benzene ring substituents is 1. The molecule has 8 nitrogen and oxygen atoms in total. The summed E-state index contributed by atoms with van der Waals surface area (Å²) in [4.78, 5) is 30.1. The average molecular weight is 383 g/mol. The molecule has 1 aromatic carbocycles. The third-order valence-corrected chi connectivity index (χ3v) is 3.61. The van der Waals surface area contributed by atoms with Gasteiger partial charge in [0.15, 0.2) is 0 Å². The fourth-order valence-electron chi connectivity index (χ4n) is 2.17. The van der Waals surface area contributed by atoms with Crippen molar-refractivity contribution in [1.82, 2.24) is 0 Å². The number of nitrogens with zero attached hydrogens (tertiary/aromatic N) is 2. The molecule has 2 aliphatic carbocycles. The van der Waals surface area contributed by atoms with Crippen LogP contribution in [-0.4, -0.2) is 15.8 Å². The normalized spacial score (nSPS) is 11.1. The number of nitro benzene ring substituents is 2. The highest BCUT2D eigenvalue weighted by molar-refractivity contribution is 5.90. The highest BCUT2D eigenvalue weighted by Crippen LogP contribution is 2.37. The number of hydrogen-bond donors (Lipinski definition) is 1. The summed E-state index contributed by atoms with van der Waals surface area (Å²) in [5.41, 5.74) is -2.30. The van der Waals surface area contributed by atoms with Crippen LogP contribution in [0.5, 0.6) is 0 Å². The predicted molar refractivity (Wildman–Crippen MR) is 87.8 cm³/mol. The van der Waals surface area contributed by atoms with Crippen LogP contribution in [0.3, 0.4) is 0 Å². The zero-order valence-corrected chi connectivity index (χ0v) is 13.7. The number of anilines is 1. The van der Waals surface area contributed by atoms with Crippen LogP contribution in [0.25, 0.3) is 0 Å². The van der Waals surface area contributed by atoms with Gasteiger partial charge in [0.2, 0.25) is 5.91 Å². The standard InChI is InChI=1S/C10H9F3N2O3.C6H3NO2/c1-2-9(16)14-6-3-4-8(15(17)18)7(5-6)10(11,12)13;8-7(9)6-3-4-1-2-5(4)6/h3-5H,2H2,1H3,(H,14,16);1-3H. The lowest BCUT2D eigenvalue weighted by Crippen LogP contribution is -2.13. The van der Waals surface area contributed by atoms with E-state index in [4.69, 9.17) is 0 Å². The van der Waals surface area contributed by atoms with Gasteiger partial charge in [0.25, 0.3) is 11.4 Å². The van der Waals surface area contributed by atoms with E-state index in [-0.39, 0.29) is 22.7 Å². The smallest absolute Gasteiger partial charge is 0.326 e. The van der Waals surface area contributed by atoms with Crippen molar-refractivity contribution in [2.45, 2.75) is 19.5 Å². The van der Waals surface area contributed by atoms with Gasteiger partial charge in [-0.25, -0.2) is 0 Å². The lowest BCUT2D eigenvalue weighted by atomic mass is 10.1. The van der Waals surface area contributed by atoms with E-state index in [2.05, 4.69) is 5.32 Å². The van der Waals surface area contributed by atoms with E-state index in [9.17, 15) is 38.2 Å². The van der Waals surface area contributed by atoms with Crippen LogP contribution in [0, 0.1) is 30.7 Å². The summed E-state index contributed by atoms with van der Waals surface area (Å²) in [5, 5.41) is 24.5. The van der Waals surface area contributed by atoms with E-state index in [1.54, 1.807) is 12.1 Å². The average Bonchev–Trinajstić information content (AvgIpc) is 2.56. The van der Waals surface area contributed by atoms with Crippen molar-refractivity contribution < 1.29 is 27.8 Å². The molecule has 1 amide bonds. The zero-order chi connectivity index (χ0) is 20.4. The lowest BCUT2D eigenvalue weighted by molar-refractivity contribution is -0.388. The summed E-state index contributed by atoms with van der Waals surface area (Å²) in [6.45, 7) is 1.53. The van der Waals surface area contributed by atoms with Crippen LogP contribution < -0.4 is 5.32 Å². The largest absolute Gasteiger partial charge is 0.423 e. The molecule has 0 atom stereocenters. The Morgan fingerprint density at radius 3 is 2.00 bits per heavy atom. The first-order chi connectivity index (χ1) is 12.5. The van der Waals surface area contributed by atoms with Crippen molar-refractivity contribution in [1.29, 1.82) is 0 Å². The number of hydrogen-bond acceptors (Lipinski definition) is 5. The van der Waals surface area contributed by atoms with Gasteiger partial charge in [-0.2, -0.15) is 13.2 Å². The SMILES string of the molecule is CCC(=O)Nc1ccc([N+](=O)[O-])c(C(F)(F)F)c1.O=[N+]([O-])c1cc2ccc1=2.